The number of aromatic nitrogens is 2. The summed E-state index contributed by atoms with van der Waals surface area (Å²) >= 11 is 0. The Morgan fingerprint density at radius 2 is 2.05 bits per heavy atom. The molecule has 2 heterocycles. The number of nitrogens with zero attached hydrogens (tertiary/aromatic N) is 3. The van der Waals surface area contributed by atoms with Gasteiger partial charge in [-0.3, -0.25) is 9.48 Å². The number of carbonyl (C=O) groups is 1. The normalized spacial score (nSPS) is 18.2. The van der Waals surface area contributed by atoms with Gasteiger partial charge >= 0.3 is 0 Å². The highest BCUT2D eigenvalue weighted by molar-refractivity contribution is 7.89. The van der Waals surface area contributed by atoms with Crippen LogP contribution in [0, 0.1) is 5.92 Å². The minimum Gasteiger partial charge on any atom is -0.381 e. The first-order valence-corrected chi connectivity index (χ1v) is 7.92. The molecular weight excluding hydrogens is 282 g/mol. The number of carbonyl (C=O) groups excluding carboxylic acids is 1. The van der Waals surface area contributed by atoms with Gasteiger partial charge in [0.25, 0.3) is 0 Å². The Kier molecular flexibility index (Phi) is 4.00. The number of amides is 1. The van der Waals surface area contributed by atoms with Crippen LogP contribution < -0.4 is 11.5 Å². The summed E-state index contributed by atoms with van der Waals surface area (Å²) in [6.45, 7) is 2.93. The van der Waals surface area contributed by atoms with Crippen LogP contribution in [0.2, 0.25) is 0 Å². The van der Waals surface area contributed by atoms with E-state index in [-0.39, 0.29) is 35.6 Å². The Hall–Kier alpha value is -1.61. The van der Waals surface area contributed by atoms with Crippen LogP contribution in [0.3, 0.4) is 0 Å². The SMILES string of the molecule is CCn1cc(S(=O)(=O)N2CCC(C(N)=O)CC2)c(N)n1. The molecule has 0 bridgehead atoms. The first kappa shape index (κ1) is 14.8. The zero-order valence-electron chi connectivity index (χ0n) is 11.3. The lowest BCUT2D eigenvalue weighted by Crippen LogP contribution is -2.41. The highest BCUT2D eigenvalue weighted by Crippen LogP contribution is 2.26. The van der Waals surface area contributed by atoms with Crippen molar-refractivity contribution < 1.29 is 13.2 Å². The predicted octanol–water partition coefficient (Wildman–Crippen LogP) is -0.629. The number of rotatable bonds is 4. The average molecular weight is 301 g/mol. The molecule has 0 radical (unpaired) electrons. The Labute approximate surface area is 117 Å². The first-order valence-electron chi connectivity index (χ1n) is 6.48. The smallest absolute Gasteiger partial charge is 0.248 e. The number of anilines is 1. The minimum atomic E-state index is -3.66. The third-order valence-electron chi connectivity index (χ3n) is 3.55. The van der Waals surface area contributed by atoms with Crippen LogP contribution in [0.15, 0.2) is 11.1 Å². The van der Waals surface area contributed by atoms with Crippen molar-refractivity contribution in [3.8, 4) is 0 Å². The number of sulfonamides is 1. The third kappa shape index (κ3) is 2.63. The zero-order chi connectivity index (χ0) is 14.9. The summed E-state index contributed by atoms with van der Waals surface area (Å²) in [6.07, 6.45) is 2.32. The summed E-state index contributed by atoms with van der Waals surface area (Å²) in [5.74, 6) is -0.624. The van der Waals surface area contributed by atoms with Crippen LogP contribution in [0.1, 0.15) is 19.8 Å². The van der Waals surface area contributed by atoms with Crippen molar-refractivity contribution >= 4 is 21.7 Å². The van der Waals surface area contributed by atoms with Gasteiger partial charge in [-0.05, 0) is 19.8 Å². The van der Waals surface area contributed by atoms with Crippen LogP contribution >= 0.6 is 0 Å². The van der Waals surface area contributed by atoms with Crippen LogP contribution in [0.5, 0.6) is 0 Å². The van der Waals surface area contributed by atoms with Gasteiger partial charge in [0.15, 0.2) is 5.82 Å². The standard InChI is InChI=1S/C11H19N5O3S/c1-2-15-7-9(10(12)14-15)20(18,19)16-5-3-8(4-6-16)11(13)17/h7-8H,2-6H2,1H3,(H2,12,14)(H2,13,17). The zero-order valence-corrected chi connectivity index (χ0v) is 12.1. The molecule has 9 heteroatoms. The molecule has 1 saturated heterocycles. The first-order chi connectivity index (χ1) is 9.36. The fourth-order valence-electron chi connectivity index (χ4n) is 2.30. The van der Waals surface area contributed by atoms with Gasteiger partial charge in [0.05, 0.1) is 0 Å². The third-order valence-corrected chi connectivity index (χ3v) is 5.47. The molecule has 0 atom stereocenters. The summed E-state index contributed by atoms with van der Waals surface area (Å²) in [5.41, 5.74) is 10.9. The van der Waals surface area contributed by atoms with Crippen molar-refractivity contribution in [2.24, 2.45) is 11.7 Å². The number of piperidine rings is 1. The molecule has 1 amide bonds. The Morgan fingerprint density at radius 3 is 2.50 bits per heavy atom. The molecule has 1 aliphatic rings. The van der Waals surface area contributed by atoms with Crippen LogP contribution in [0.4, 0.5) is 5.82 Å². The quantitative estimate of drug-likeness (QED) is 0.766. The van der Waals surface area contributed by atoms with E-state index in [4.69, 9.17) is 11.5 Å². The van der Waals surface area contributed by atoms with E-state index < -0.39 is 10.0 Å². The molecule has 1 aliphatic heterocycles. The largest absolute Gasteiger partial charge is 0.381 e. The number of hydrogen-bond acceptors (Lipinski definition) is 5. The number of aryl methyl sites for hydroxylation is 1. The molecule has 0 spiro atoms. The molecule has 0 aliphatic carbocycles. The van der Waals surface area contributed by atoms with Gasteiger partial charge in [-0.25, -0.2) is 8.42 Å². The van der Waals surface area contributed by atoms with Crippen molar-refractivity contribution in [2.75, 3.05) is 18.8 Å². The summed E-state index contributed by atoms with van der Waals surface area (Å²) in [6, 6.07) is 0. The van der Waals surface area contributed by atoms with Gasteiger partial charge in [0, 0.05) is 31.7 Å². The van der Waals surface area contributed by atoms with Crippen molar-refractivity contribution in [1.29, 1.82) is 0 Å². The van der Waals surface area contributed by atoms with Gasteiger partial charge in [-0.1, -0.05) is 0 Å². The summed E-state index contributed by atoms with van der Waals surface area (Å²) in [4.78, 5) is 11.1. The fourth-order valence-corrected chi connectivity index (χ4v) is 3.83. The van der Waals surface area contributed by atoms with Crippen LogP contribution in [-0.4, -0.2) is 41.5 Å². The van der Waals surface area contributed by atoms with Gasteiger partial charge in [-0.15, -0.1) is 0 Å². The Morgan fingerprint density at radius 1 is 1.45 bits per heavy atom. The monoisotopic (exact) mass is 301 g/mol. The molecule has 4 N–H and O–H groups in total. The second kappa shape index (κ2) is 5.41. The van der Waals surface area contributed by atoms with Crippen LogP contribution in [0.25, 0.3) is 0 Å². The Balaban J connectivity index is 2.19. The van der Waals surface area contributed by atoms with E-state index >= 15 is 0 Å². The maximum atomic E-state index is 12.5. The van der Waals surface area contributed by atoms with Gasteiger partial charge in [0.2, 0.25) is 15.9 Å². The molecule has 1 fully saturated rings. The second-order valence-electron chi connectivity index (χ2n) is 4.82. The van der Waals surface area contributed by atoms with E-state index in [9.17, 15) is 13.2 Å². The van der Waals surface area contributed by atoms with Gasteiger partial charge in [0.1, 0.15) is 4.90 Å². The van der Waals surface area contributed by atoms with Gasteiger partial charge < -0.3 is 11.5 Å². The van der Waals surface area contributed by atoms with Crippen molar-refractivity contribution in [3.05, 3.63) is 6.20 Å². The van der Waals surface area contributed by atoms with E-state index in [0.717, 1.165) is 0 Å². The number of nitrogens with two attached hydrogens (primary N) is 2. The van der Waals surface area contributed by atoms with Crippen LogP contribution in [-0.2, 0) is 21.4 Å². The van der Waals surface area contributed by atoms with Crippen molar-refractivity contribution in [1.82, 2.24) is 14.1 Å². The van der Waals surface area contributed by atoms with E-state index in [1.807, 2.05) is 6.92 Å². The van der Waals surface area contributed by atoms with Crippen molar-refractivity contribution in [2.45, 2.75) is 31.2 Å². The molecule has 112 valence electrons. The van der Waals surface area contributed by atoms with E-state index in [1.165, 1.54) is 15.2 Å². The second-order valence-corrected chi connectivity index (χ2v) is 6.72. The highest BCUT2D eigenvalue weighted by atomic mass is 32.2. The fraction of sp³-hybridized carbons (Fsp3) is 0.636. The van der Waals surface area contributed by atoms with Crippen molar-refractivity contribution in [3.63, 3.8) is 0 Å². The summed E-state index contributed by atoms with van der Waals surface area (Å²) < 4.78 is 27.8. The highest BCUT2D eigenvalue weighted by Gasteiger charge is 2.33. The maximum absolute atomic E-state index is 12.5. The average Bonchev–Trinajstić information content (AvgIpc) is 2.81. The van der Waals surface area contributed by atoms with E-state index in [2.05, 4.69) is 5.10 Å². The lowest BCUT2D eigenvalue weighted by atomic mass is 9.98. The minimum absolute atomic E-state index is 0.00359. The molecule has 0 aromatic carbocycles. The Bertz CT molecular complexity index is 602. The molecule has 0 unspecified atom stereocenters. The topological polar surface area (TPSA) is 124 Å². The summed E-state index contributed by atoms with van der Waals surface area (Å²) in [5, 5.41) is 3.95. The predicted molar refractivity (Wildman–Crippen MR) is 73.0 cm³/mol. The van der Waals surface area contributed by atoms with E-state index in [1.54, 1.807) is 0 Å². The molecule has 2 rings (SSSR count). The summed E-state index contributed by atoms with van der Waals surface area (Å²) in [7, 11) is -3.66. The molecule has 8 nitrogen and oxygen atoms in total. The lowest BCUT2D eigenvalue weighted by Gasteiger charge is -2.29. The molecular formula is C11H19N5O3S. The molecule has 20 heavy (non-hydrogen) atoms. The maximum Gasteiger partial charge on any atom is 0.248 e. The molecule has 0 saturated carbocycles. The molecule has 1 aromatic rings. The molecule has 1 aromatic heterocycles. The number of primary amides is 1. The lowest BCUT2D eigenvalue weighted by molar-refractivity contribution is -0.122. The van der Waals surface area contributed by atoms with Gasteiger partial charge in [-0.2, -0.15) is 9.40 Å². The number of nitrogen functional groups attached to an aromatic ring is 1. The van der Waals surface area contributed by atoms with E-state index in [0.29, 0.717) is 19.4 Å². The number of hydrogen-bond donors (Lipinski definition) is 2.